The molecule has 2 amide bonds. The van der Waals surface area contributed by atoms with E-state index in [1.807, 2.05) is 0 Å². The summed E-state index contributed by atoms with van der Waals surface area (Å²) in [6.07, 6.45) is 1.51. The van der Waals surface area contributed by atoms with Crippen LogP contribution >= 0.6 is 0 Å². The first kappa shape index (κ1) is 16.1. The van der Waals surface area contributed by atoms with Crippen LogP contribution in [0.3, 0.4) is 0 Å². The molecular formula is C17H25N3O3. The Balaban J connectivity index is 1.86. The molecule has 1 aromatic heterocycles. The van der Waals surface area contributed by atoms with Gasteiger partial charge in [0.2, 0.25) is 5.91 Å². The van der Waals surface area contributed by atoms with E-state index in [2.05, 4.69) is 18.7 Å². The molecule has 0 spiro atoms. The van der Waals surface area contributed by atoms with Gasteiger partial charge < -0.3 is 14.2 Å². The zero-order chi connectivity index (χ0) is 16.8. The molecule has 2 aliphatic rings. The third kappa shape index (κ3) is 2.55. The summed E-state index contributed by atoms with van der Waals surface area (Å²) >= 11 is 0. The van der Waals surface area contributed by atoms with Gasteiger partial charge in [0.15, 0.2) is 5.76 Å². The fourth-order valence-electron chi connectivity index (χ4n) is 3.96. The number of rotatable bonds is 3. The smallest absolute Gasteiger partial charge is 0.289 e. The van der Waals surface area contributed by atoms with E-state index >= 15 is 0 Å². The SMILES string of the molecule is CC(C)N1CC2CN(C(=O)c3ccco3)CC2(C(=O)N(C)C)C1. The Morgan fingerprint density at radius 3 is 2.61 bits per heavy atom. The number of fused-ring (bicyclic) bond motifs is 1. The highest BCUT2D eigenvalue weighted by Gasteiger charge is 2.58. The van der Waals surface area contributed by atoms with E-state index in [0.717, 1.165) is 6.54 Å². The highest BCUT2D eigenvalue weighted by Crippen LogP contribution is 2.44. The Morgan fingerprint density at radius 2 is 2.04 bits per heavy atom. The van der Waals surface area contributed by atoms with Crippen LogP contribution < -0.4 is 0 Å². The highest BCUT2D eigenvalue weighted by atomic mass is 16.3. The monoisotopic (exact) mass is 319 g/mol. The lowest BCUT2D eigenvalue weighted by molar-refractivity contribution is -0.139. The zero-order valence-electron chi connectivity index (χ0n) is 14.3. The predicted octanol–water partition coefficient (Wildman–Crippen LogP) is 1.15. The van der Waals surface area contributed by atoms with Crippen LogP contribution in [0.1, 0.15) is 24.4 Å². The summed E-state index contributed by atoms with van der Waals surface area (Å²) in [7, 11) is 3.59. The van der Waals surface area contributed by atoms with Crippen molar-refractivity contribution >= 4 is 11.8 Å². The molecule has 0 aliphatic carbocycles. The topological polar surface area (TPSA) is 57.0 Å². The maximum absolute atomic E-state index is 12.9. The van der Waals surface area contributed by atoms with Gasteiger partial charge in [-0.3, -0.25) is 14.5 Å². The Morgan fingerprint density at radius 1 is 1.30 bits per heavy atom. The Kier molecular flexibility index (Phi) is 3.96. The molecule has 0 saturated carbocycles. The quantitative estimate of drug-likeness (QED) is 0.839. The first-order chi connectivity index (χ1) is 10.8. The molecule has 3 heterocycles. The minimum atomic E-state index is -0.490. The van der Waals surface area contributed by atoms with Gasteiger partial charge in [0.25, 0.3) is 5.91 Å². The minimum absolute atomic E-state index is 0.119. The molecule has 0 radical (unpaired) electrons. The summed E-state index contributed by atoms with van der Waals surface area (Å²) in [6, 6.07) is 3.80. The fourth-order valence-corrected chi connectivity index (χ4v) is 3.96. The van der Waals surface area contributed by atoms with E-state index in [4.69, 9.17) is 4.42 Å². The molecule has 0 aromatic carbocycles. The standard InChI is InChI=1S/C17H25N3O3/c1-12(2)19-8-13-9-20(15(21)14-6-5-7-23-14)11-17(13,10-19)16(22)18(3)4/h5-7,12-13H,8-11H2,1-4H3. The second-order valence-corrected chi connectivity index (χ2v) is 7.24. The number of hydrogen-bond acceptors (Lipinski definition) is 4. The van der Waals surface area contributed by atoms with Gasteiger partial charge in [0.1, 0.15) is 0 Å². The van der Waals surface area contributed by atoms with Crippen molar-refractivity contribution in [2.75, 3.05) is 40.3 Å². The van der Waals surface area contributed by atoms with E-state index in [1.54, 1.807) is 36.0 Å². The van der Waals surface area contributed by atoms with Gasteiger partial charge in [-0.2, -0.15) is 0 Å². The van der Waals surface area contributed by atoms with Gasteiger partial charge in [-0.1, -0.05) is 0 Å². The van der Waals surface area contributed by atoms with E-state index in [-0.39, 0.29) is 17.7 Å². The van der Waals surface area contributed by atoms with Crippen molar-refractivity contribution in [3.8, 4) is 0 Å². The predicted molar refractivity (Wildman–Crippen MR) is 85.9 cm³/mol. The average Bonchev–Trinajstić information content (AvgIpc) is 3.19. The summed E-state index contributed by atoms with van der Waals surface area (Å²) < 4.78 is 5.23. The Hall–Kier alpha value is -1.82. The number of carbonyl (C=O) groups excluding carboxylic acids is 2. The second-order valence-electron chi connectivity index (χ2n) is 7.24. The van der Waals surface area contributed by atoms with E-state index < -0.39 is 5.41 Å². The Labute approximate surface area is 137 Å². The summed E-state index contributed by atoms with van der Waals surface area (Å²) in [6.45, 7) is 6.97. The molecule has 6 heteroatoms. The highest BCUT2D eigenvalue weighted by molar-refractivity contribution is 5.93. The summed E-state index contributed by atoms with van der Waals surface area (Å²) in [5.74, 6) is 0.531. The van der Waals surface area contributed by atoms with Gasteiger partial charge in [-0.05, 0) is 26.0 Å². The molecule has 3 rings (SSSR count). The van der Waals surface area contributed by atoms with Crippen LogP contribution in [-0.4, -0.2) is 72.8 Å². The van der Waals surface area contributed by atoms with Crippen LogP contribution in [0, 0.1) is 11.3 Å². The third-order valence-electron chi connectivity index (χ3n) is 5.22. The van der Waals surface area contributed by atoms with Gasteiger partial charge >= 0.3 is 0 Å². The fraction of sp³-hybridized carbons (Fsp3) is 0.647. The maximum Gasteiger partial charge on any atom is 0.289 e. The number of hydrogen-bond donors (Lipinski definition) is 0. The summed E-state index contributed by atoms with van der Waals surface area (Å²) in [5.41, 5.74) is -0.490. The summed E-state index contributed by atoms with van der Waals surface area (Å²) in [4.78, 5) is 31.3. The molecule has 126 valence electrons. The van der Waals surface area contributed by atoms with E-state index in [9.17, 15) is 9.59 Å². The average molecular weight is 319 g/mol. The number of furan rings is 1. The Bertz CT molecular complexity index is 596. The largest absolute Gasteiger partial charge is 0.459 e. The molecule has 23 heavy (non-hydrogen) atoms. The van der Waals surface area contributed by atoms with Crippen LogP contribution in [0.15, 0.2) is 22.8 Å². The second kappa shape index (κ2) is 5.67. The minimum Gasteiger partial charge on any atom is -0.459 e. The van der Waals surface area contributed by atoms with Crippen molar-refractivity contribution in [1.29, 1.82) is 0 Å². The molecule has 0 bridgehead atoms. The van der Waals surface area contributed by atoms with Crippen molar-refractivity contribution in [3.63, 3.8) is 0 Å². The first-order valence-electron chi connectivity index (χ1n) is 8.14. The normalized spacial score (nSPS) is 27.5. The van der Waals surface area contributed by atoms with Crippen molar-refractivity contribution in [2.45, 2.75) is 19.9 Å². The number of carbonyl (C=O) groups is 2. The lowest BCUT2D eigenvalue weighted by atomic mass is 9.79. The molecular weight excluding hydrogens is 294 g/mol. The first-order valence-corrected chi connectivity index (χ1v) is 8.14. The molecule has 0 N–H and O–H groups in total. The van der Waals surface area contributed by atoms with E-state index in [1.165, 1.54) is 6.26 Å². The molecule has 2 fully saturated rings. The van der Waals surface area contributed by atoms with Crippen LogP contribution in [0.25, 0.3) is 0 Å². The summed E-state index contributed by atoms with van der Waals surface area (Å²) in [5, 5.41) is 0. The zero-order valence-corrected chi connectivity index (χ0v) is 14.3. The third-order valence-corrected chi connectivity index (χ3v) is 5.22. The van der Waals surface area contributed by atoms with Crippen LogP contribution in [0.5, 0.6) is 0 Å². The molecule has 2 atom stereocenters. The van der Waals surface area contributed by atoms with E-state index in [0.29, 0.717) is 31.4 Å². The molecule has 6 nitrogen and oxygen atoms in total. The molecule has 2 unspecified atom stereocenters. The van der Waals surface area contributed by atoms with Gasteiger partial charge in [0.05, 0.1) is 11.7 Å². The van der Waals surface area contributed by atoms with Crippen molar-refractivity contribution in [2.24, 2.45) is 11.3 Å². The number of amides is 2. The molecule has 2 saturated heterocycles. The van der Waals surface area contributed by atoms with Crippen molar-refractivity contribution in [3.05, 3.63) is 24.2 Å². The van der Waals surface area contributed by atoms with Crippen molar-refractivity contribution in [1.82, 2.24) is 14.7 Å². The number of likely N-dealkylation sites (tertiary alicyclic amines) is 2. The van der Waals surface area contributed by atoms with Crippen molar-refractivity contribution < 1.29 is 14.0 Å². The van der Waals surface area contributed by atoms with Crippen LogP contribution in [0.4, 0.5) is 0 Å². The molecule has 2 aliphatic heterocycles. The van der Waals surface area contributed by atoms with Gasteiger partial charge in [-0.25, -0.2) is 0 Å². The van der Waals surface area contributed by atoms with Crippen LogP contribution in [0.2, 0.25) is 0 Å². The van der Waals surface area contributed by atoms with Gasteiger partial charge in [-0.15, -0.1) is 0 Å². The lowest BCUT2D eigenvalue weighted by Crippen LogP contribution is -2.48. The maximum atomic E-state index is 12.9. The molecule has 1 aromatic rings. The number of nitrogens with zero attached hydrogens (tertiary/aromatic N) is 3. The van der Waals surface area contributed by atoms with Gasteiger partial charge in [0, 0.05) is 52.2 Å². The van der Waals surface area contributed by atoms with Crippen LogP contribution in [-0.2, 0) is 4.79 Å². The lowest BCUT2D eigenvalue weighted by Gasteiger charge is -2.31.